The van der Waals surface area contributed by atoms with Crippen LogP contribution in [0.1, 0.15) is 37.3 Å². The predicted molar refractivity (Wildman–Crippen MR) is 74.6 cm³/mol. The molecule has 19 heavy (non-hydrogen) atoms. The van der Waals surface area contributed by atoms with Crippen LogP contribution in [0.25, 0.3) is 5.65 Å². The van der Waals surface area contributed by atoms with Gasteiger partial charge in [-0.2, -0.15) is 5.10 Å². The van der Waals surface area contributed by atoms with Gasteiger partial charge in [0.15, 0.2) is 5.65 Å². The molecular weight excluding hydrogens is 262 g/mol. The molecule has 1 aliphatic carbocycles. The highest BCUT2D eigenvalue weighted by molar-refractivity contribution is 6.29. The standard InChI is InChI=1S/C14H18ClN3O/c1-19-9-10-2-4-11(5-3-10)12-8-13(15)18-14(17-12)6-7-16-18/h6-8,10-11H,2-5,9H2,1H3. The van der Waals surface area contributed by atoms with Crippen LogP contribution in [0.5, 0.6) is 0 Å². The largest absolute Gasteiger partial charge is 0.384 e. The highest BCUT2D eigenvalue weighted by atomic mass is 35.5. The van der Waals surface area contributed by atoms with Crippen molar-refractivity contribution in [3.05, 3.63) is 29.2 Å². The number of ether oxygens (including phenoxy) is 1. The van der Waals surface area contributed by atoms with Gasteiger partial charge in [0.2, 0.25) is 0 Å². The van der Waals surface area contributed by atoms with Gasteiger partial charge in [-0.25, -0.2) is 9.50 Å². The van der Waals surface area contributed by atoms with Crippen molar-refractivity contribution >= 4 is 17.2 Å². The van der Waals surface area contributed by atoms with E-state index < -0.39 is 0 Å². The fraction of sp³-hybridized carbons (Fsp3) is 0.571. The molecule has 3 rings (SSSR count). The quantitative estimate of drug-likeness (QED) is 0.809. The Morgan fingerprint density at radius 3 is 2.89 bits per heavy atom. The summed E-state index contributed by atoms with van der Waals surface area (Å²) in [5, 5.41) is 4.79. The average Bonchev–Trinajstić information content (AvgIpc) is 2.89. The van der Waals surface area contributed by atoms with Crippen molar-refractivity contribution in [2.75, 3.05) is 13.7 Å². The number of nitrogens with zero attached hydrogens (tertiary/aromatic N) is 3. The maximum absolute atomic E-state index is 6.24. The van der Waals surface area contributed by atoms with E-state index in [4.69, 9.17) is 16.3 Å². The minimum Gasteiger partial charge on any atom is -0.384 e. The zero-order valence-corrected chi connectivity index (χ0v) is 11.8. The molecular formula is C14H18ClN3O. The van der Waals surface area contributed by atoms with Crippen molar-refractivity contribution in [1.82, 2.24) is 14.6 Å². The number of rotatable bonds is 3. The zero-order valence-electron chi connectivity index (χ0n) is 11.1. The summed E-state index contributed by atoms with van der Waals surface area (Å²) in [5.41, 5.74) is 1.94. The lowest BCUT2D eigenvalue weighted by atomic mass is 9.81. The Morgan fingerprint density at radius 2 is 2.16 bits per heavy atom. The summed E-state index contributed by atoms with van der Waals surface area (Å²) >= 11 is 6.24. The van der Waals surface area contributed by atoms with Crippen LogP contribution in [0.15, 0.2) is 18.3 Å². The minimum atomic E-state index is 0.519. The van der Waals surface area contributed by atoms with Crippen molar-refractivity contribution < 1.29 is 4.74 Å². The monoisotopic (exact) mass is 279 g/mol. The molecule has 0 amide bonds. The fourth-order valence-electron chi connectivity index (χ4n) is 2.96. The van der Waals surface area contributed by atoms with Crippen LogP contribution >= 0.6 is 11.6 Å². The Balaban J connectivity index is 1.78. The van der Waals surface area contributed by atoms with Crippen molar-refractivity contribution in [2.45, 2.75) is 31.6 Å². The predicted octanol–water partition coefficient (Wildman–Crippen LogP) is 3.30. The van der Waals surface area contributed by atoms with Gasteiger partial charge in [-0.1, -0.05) is 11.6 Å². The summed E-state index contributed by atoms with van der Waals surface area (Å²) in [6, 6.07) is 3.86. The number of fused-ring (bicyclic) bond motifs is 1. The third-order valence-electron chi connectivity index (χ3n) is 4.00. The number of aromatic nitrogens is 3. The van der Waals surface area contributed by atoms with Gasteiger partial charge in [-0.15, -0.1) is 0 Å². The molecule has 0 spiro atoms. The molecule has 0 unspecified atom stereocenters. The van der Waals surface area contributed by atoms with Gasteiger partial charge >= 0.3 is 0 Å². The van der Waals surface area contributed by atoms with E-state index in [2.05, 4.69) is 10.1 Å². The zero-order chi connectivity index (χ0) is 13.2. The lowest BCUT2D eigenvalue weighted by molar-refractivity contribution is 0.127. The molecule has 0 bridgehead atoms. The molecule has 2 aromatic rings. The fourth-order valence-corrected chi connectivity index (χ4v) is 3.21. The summed E-state index contributed by atoms with van der Waals surface area (Å²) in [6.45, 7) is 0.878. The number of halogens is 1. The van der Waals surface area contributed by atoms with E-state index in [1.165, 1.54) is 25.7 Å². The maximum Gasteiger partial charge on any atom is 0.156 e. The average molecular weight is 280 g/mol. The summed E-state index contributed by atoms with van der Waals surface area (Å²) in [6.07, 6.45) is 6.49. The Morgan fingerprint density at radius 1 is 1.37 bits per heavy atom. The Hall–Kier alpha value is -1.13. The smallest absolute Gasteiger partial charge is 0.156 e. The van der Waals surface area contributed by atoms with E-state index in [0.29, 0.717) is 17.0 Å². The van der Waals surface area contributed by atoms with Crippen LogP contribution in [0.2, 0.25) is 5.15 Å². The molecule has 0 aromatic carbocycles. The first-order chi connectivity index (χ1) is 9.28. The van der Waals surface area contributed by atoms with Gasteiger partial charge in [0.05, 0.1) is 6.20 Å². The van der Waals surface area contributed by atoms with E-state index in [0.717, 1.165) is 17.9 Å². The van der Waals surface area contributed by atoms with Crippen molar-refractivity contribution in [2.24, 2.45) is 5.92 Å². The summed E-state index contributed by atoms with van der Waals surface area (Å²) in [4.78, 5) is 4.68. The molecule has 102 valence electrons. The summed E-state index contributed by atoms with van der Waals surface area (Å²) in [7, 11) is 1.78. The maximum atomic E-state index is 6.24. The molecule has 1 saturated carbocycles. The molecule has 2 aromatic heterocycles. The highest BCUT2D eigenvalue weighted by Gasteiger charge is 2.24. The Kier molecular flexibility index (Phi) is 3.71. The molecule has 0 atom stereocenters. The van der Waals surface area contributed by atoms with Gasteiger partial charge in [-0.3, -0.25) is 0 Å². The molecule has 0 N–H and O–H groups in total. The second-order valence-electron chi connectivity index (χ2n) is 5.28. The third kappa shape index (κ3) is 2.60. The van der Waals surface area contributed by atoms with Crippen LogP contribution in [-0.4, -0.2) is 28.3 Å². The van der Waals surface area contributed by atoms with Crippen LogP contribution in [-0.2, 0) is 4.74 Å². The van der Waals surface area contributed by atoms with E-state index in [-0.39, 0.29) is 0 Å². The van der Waals surface area contributed by atoms with Crippen LogP contribution in [0.4, 0.5) is 0 Å². The Bertz CT molecular complexity index is 561. The summed E-state index contributed by atoms with van der Waals surface area (Å²) < 4.78 is 6.91. The van der Waals surface area contributed by atoms with Crippen LogP contribution < -0.4 is 0 Å². The van der Waals surface area contributed by atoms with E-state index in [9.17, 15) is 0 Å². The van der Waals surface area contributed by atoms with E-state index in [1.807, 2.05) is 12.1 Å². The summed E-state index contributed by atoms with van der Waals surface area (Å²) in [5.74, 6) is 1.22. The van der Waals surface area contributed by atoms with Crippen LogP contribution in [0, 0.1) is 5.92 Å². The van der Waals surface area contributed by atoms with E-state index in [1.54, 1.807) is 17.8 Å². The number of hydrogen-bond donors (Lipinski definition) is 0. The first kappa shape index (κ1) is 12.9. The first-order valence-corrected chi connectivity index (χ1v) is 7.15. The Labute approximate surface area is 117 Å². The van der Waals surface area contributed by atoms with Crippen LogP contribution in [0.3, 0.4) is 0 Å². The third-order valence-corrected chi connectivity index (χ3v) is 4.27. The van der Waals surface area contributed by atoms with Gasteiger partial charge in [0.1, 0.15) is 5.15 Å². The highest BCUT2D eigenvalue weighted by Crippen LogP contribution is 2.35. The minimum absolute atomic E-state index is 0.519. The molecule has 1 fully saturated rings. The molecule has 0 radical (unpaired) electrons. The normalized spacial score (nSPS) is 23.9. The van der Waals surface area contributed by atoms with Gasteiger partial charge in [0, 0.05) is 31.4 Å². The SMILES string of the molecule is COCC1CCC(c2cc(Cl)n3nccc3n2)CC1. The lowest BCUT2D eigenvalue weighted by Crippen LogP contribution is -2.18. The van der Waals surface area contributed by atoms with Gasteiger partial charge < -0.3 is 4.74 Å². The molecule has 1 aliphatic rings. The van der Waals surface area contributed by atoms with Crippen molar-refractivity contribution in [3.8, 4) is 0 Å². The number of hydrogen-bond acceptors (Lipinski definition) is 3. The molecule has 4 nitrogen and oxygen atoms in total. The molecule has 5 heteroatoms. The molecule has 2 heterocycles. The molecule has 0 saturated heterocycles. The topological polar surface area (TPSA) is 39.4 Å². The van der Waals surface area contributed by atoms with Gasteiger partial charge in [-0.05, 0) is 37.7 Å². The second kappa shape index (κ2) is 5.47. The van der Waals surface area contributed by atoms with Gasteiger partial charge in [0.25, 0.3) is 0 Å². The number of methoxy groups -OCH3 is 1. The lowest BCUT2D eigenvalue weighted by Gasteiger charge is -2.27. The molecule has 0 aliphatic heterocycles. The second-order valence-corrected chi connectivity index (χ2v) is 5.67. The van der Waals surface area contributed by atoms with Crippen molar-refractivity contribution in [1.29, 1.82) is 0 Å². The first-order valence-electron chi connectivity index (χ1n) is 6.77. The van der Waals surface area contributed by atoms with E-state index >= 15 is 0 Å². The van der Waals surface area contributed by atoms with Crippen molar-refractivity contribution in [3.63, 3.8) is 0 Å².